The number of likely N-dealkylation sites (tertiary alicyclic amines) is 1. The Labute approximate surface area is 157 Å². The average Bonchev–Trinajstić information content (AvgIpc) is 3.31. The van der Waals surface area contributed by atoms with Crippen molar-refractivity contribution in [2.75, 3.05) is 33.4 Å². The molecular weight excluding hydrogens is 352 g/mol. The van der Waals surface area contributed by atoms with Crippen molar-refractivity contribution in [3.05, 3.63) is 28.8 Å². The maximum Gasteiger partial charge on any atom is 0.347 e. The lowest BCUT2D eigenvalue weighted by atomic mass is 10.2. The largest absolute Gasteiger partial charge is 0.493 e. The first-order valence-electron chi connectivity index (χ1n) is 8.89. The Hall–Kier alpha value is -2.12. The van der Waals surface area contributed by atoms with E-state index < -0.39 is 5.97 Å². The van der Waals surface area contributed by atoms with Crippen molar-refractivity contribution in [2.24, 2.45) is 0 Å². The van der Waals surface area contributed by atoms with E-state index in [0.29, 0.717) is 40.1 Å². The Bertz CT molecular complexity index is 769. The maximum absolute atomic E-state index is 11.4. The van der Waals surface area contributed by atoms with Crippen LogP contribution in [-0.2, 0) is 6.42 Å². The molecule has 0 amide bonds. The van der Waals surface area contributed by atoms with Gasteiger partial charge in [-0.1, -0.05) is 6.92 Å². The third-order valence-electron chi connectivity index (χ3n) is 4.50. The van der Waals surface area contributed by atoms with E-state index in [1.54, 1.807) is 7.11 Å². The molecule has 0 aliphatic carbocycles. The number of hydrogen-bond acceptors (Lipinski definition) is 6. The highest BCUT2D eigenvalue weighted by molar-refractivity contribution is 7.17. The zero-order valence-corrected chi connectivity index (χ0v) is 16.0. The van der Waals surface area contributed by atoms with Crippen molar-refractivity contribution < 1.29 is 19.4 Å². The lowest BCUT2D eigenvalue weighted by molar-refractivity contribution is 0.0701. The van der Waals surface area contributed by atoms with Gasteiger partial charge in [0.25, 0.3) is 0 Å². The molecule has 7 heteroatoms. The minimum absolute atomic E-state index is 0.301. The van der Waals surface area contributed by atoms with Gasteiger partial charge in [-0.3, -0.25) is 4.90 Å². The van der Waals surface area contributed by atoms with Crippen LogP contribution in [-0.4, -0.2) is 54.3 Å². The van der Waals surface area contributed by atoms with Crippen LogP contribution in [0.1, 0.15) is 35.1 Å². The monoisotopic (exact) mass is 376 g/mol. The molecule has 1 N–H and O–H groups in total. The number of carboxylic acid groups (broad SMARTS) is 1. The molecule has 1 aromatic heterocycles. The molecule has 6 nitrogen and oxygen atoms in total. The molecule has 2 aromatic rings. The van der Waals surface area contributed by atoms with Gasteiger partial charge in [-0.2, -0.15) is 0 Å². The van der Waals surface area contributed by atoms with Crippen LogP contribution in [0.2, 0.25) is 0 Å². The molecule has 140 valence electrons. The second-order valence-electron chi connectivity index (χ2n) is 6.22. The van der Waals surface area contributed by atoms with Crippen molar-refractivity contribution >= 4 is 17.3 Å². The number of carboxylic acids is 1. The fourth-order valence-corrected chi connectivity index (χ4v) is 4.08. The highest BCUT2D eigenvalue weighted by Gasteiger charge is 2.18. The molecule has 1 aliphatic heterocycles. The topological polar surface area (TPSA) is 71.9 Å². The molecule has 26 heavy (non-hydrogen) atoms. The first-order chi connectivity index (χ1) is 12.6. The van der Waals surface area contributed by atoms with Crippen LogP contribution in [0.3, 0.4) is 0 Å². The molecule has 0 spiro atoms. The fraction of sp³-hybridized carbons (Fsp3) is 0.474. The van der Waals surface area contributed by atoms with E-state index in [1.807, 2.05) is 25.1 Å². The van der Waals surface area contributed by atoms with E-state index in [0.717, 1.165) is 25.2 Å². The van der Waals surface area contributed by atoms with Crippen LogP contribution >= 0.6 is 11.3 Å². The van der Waals surface area contributed by atoms with Crippen molar-refractivity contribution in [3.8, 4) is 22.1 Å². The molecule has 0 saturated carbocycles. The number of hydrogen-bond donors (Lipinski definition) is 1. The third-order valence-corrected chi connectivity index (χ3v) is 5.64. The highest BCUT2D eigenvalue weighted by Crippen LogP contribution is 2.35. The number of benzene rings is 1. The lowest BCUT2D eigenvalue weighted by Gasteiger charge is -2.16. The Morgan fingerprint density at radius 1 is 1.31 bits per heavy atom. The number of aromatic nitrogens is 1. The Morgan fingerprint density at radius 3 is 2.69 bits per heavy atom. The molecule has 1 aromatic carbocycles. The number of aromatic carboxylic acids is 1. The number of carbonyl (C=O) groups is 1. The van der Waals surface area contributed by atoms with Gasteiger partial charge in [0.1, 0.15) is 16.5 Å². The Kier molecular flexibility index (Phi) is 6.11. The third kappa shape index (κ3) is 4.16. The molecule has 1 saturated heterocycles. The second-order valence-corrected chi connectivity index (χ2v) is 7.22. The predicted octanol–water partition coefficient (Wildman–Crippen LogP) is 3.55. The van der Waals surface area contributed by atoms with Crippen molar-refractivity contribution in [2.45, 2.75) is 26.2 Å². The summed E-state index contributed by atoms with van der Waals surface area (Å²) in [5.74, 6) is 0.399. The van der Waals surface area contributed by atoms with Gasteiger partial charge in [0.2, 0.25) is 0 Å². The van der Waals surface area contributed by atoms with E-state index in [4.69, 9.17) is 9.47 Å². The normalized spacial score (nSPS) is 14.5. The molecular formula is C19H24N2O4S. The SMILES string of the molecule is CCc1nc(-c2ccc(OC)c(OCCN3CCCC3)c2)sc1C(=O)O. The van der Waals surface area contributed by atoms with Crippen LogP contribution in [0.4, 0.5) is 0 Å². The number of nitrogens with zero attached hydrogens (tertiary/aromatic N) is 2. The molecule has 2 heterocycles. The molecule has 1 fully saturated rings. The summed E-state index contributed by atoms with van der Waals surface area (Å²) in [5.41, 5.74) is 1.46. The Morgan fingerprint density at radius 2 is 2.08 bits per heavy atom. The summed E-state index contributed by atoms with van der Waals surface area (Å²) in [6.07, 6.45) is 3.11. The van der Waals surface area contributed by atoms with Gasteiger partial charge in [-0.25, -0.2) is 9.78 Å². The summed E-state index contributed by atoms with van der Waals surface area (Å²) in [5, 5.41) is 10.0. The van der Waals surface area contributed by atoms with E-state index >= 15 is 0 Å². The number of thiazole rings is 1. The van der Waals surface area contributed by atoms with Crippen molar-refractivity contribution in [3.63, 3.8) is 0 Å². The first kappa shape index (κ1) is 18.7. The van der Waals surface area contributed by atoms with E-state index in [9.17, 15) is 9.90 Å². The molecule has 1 aliphatic rings. The number of methoxy groups -OCH3 is 1. The minimum Gasteiger partial charge on any atom is -0.493 e. The highest BCUT2D eigenvalue weighted by atomic mass is 32.1. The first-order valence-corrected chi connectivity index (χ1v) is 9.70. The number of rotatable bonds is 8. The summed E-state index contributed by atoms with van der Waals surface area (Å²) in [6, 6.07) is 5.61. The molecule has 0 bridgehead atoms. The van der Waals surface area contributed by atoms with E-state index in [-0.39, 0.29) is 0 Å². The van der Waals surface area contributed by atoms with Gasteiger partial charge in [0.15, 0.2) is 11.5 Å². The van der Waals surface area contributed by atoms with Gasteiger partial charge in [0, 0.05) is 12.1 Å². The van der Waals surface area contributed by atoms with Gasteiger partial charge in [-0.05, 0) is 50.6 Å². The summed E-state index contributed by atoms with van der Waals surface area (Å²) >= 11 is 1.20. The summed E-state index contributed by atoms with van der Waals surface area (Å²) in [4.78, 5) is 18.6. The molecule has 0 radical (unpaired) electrons. The average molecular weight is 376 g/mol. The Balaban J connectivity index is 1.79. The van der Waals surface area contributed by atoms with Crippen LogP contribution < -0.4 is 9.47 Å². The quantitative estimate of drug-likeness (QED) is 0.760. The van der Waals surface area contributed by atoms with Gasteiger partial charge in [0.05, 0.1) is 12.8 Å². The van der Waals surface area contributed by atoms with Crippen LogP contribution in [0.5, 0.6) is 11.5 Å². The van der Waals surface area contributed by atoms with Gasteiger partial charge < -0.3 is 14.6 Å². The fourth-order valence-electron chi connectivity index (χ4n) is 3.10. The summed E-state index contributed by atoms with van der Waals surface area (Å²) in [7, 11) is 1.61. The van der Waals surface area contributed by atoms with Crippen molar-refractivity contribution in [1.82, 2.24) is 9.88 Å². The minimum atomic E-state index is -0.929. The van der Waals surface area contributed by atoms with Crippen LogP contribution in [0.15, 0.2) is 18.2 Å². The maximum atomic E-state index is 11.4. The summed E-state index contributed by atoms with van der Waals surface area (Å²) < 4.78 is 11.4. The van der Waals surface area contributed by atoms with Crippen molar-refractivity contribution in [1.29, 1.82) is 0 Å². The number of ether oxygens (including phenoxy) is 2. The van der Waals surface area contributed by atoms with Gasteiger partial charge >= 0.3 is 5.97 Å². The lowest BCUT2D eigenvalue weighted by Crippen LogP contribution is -2.25. The van der Waals surface area contributed by atoms with Crippen LogP contribution in [0.25, 0.3) is 10.6 Å². The molecule has 0 atom stereocenters. The van der Waals surface area contributed by atoms with Crippen LogP contribution in [0, 0.1) is 0 Å². The second kappa shape index (κ2) is 8.51. The zero-order valence-electron chi connectivity index (χ0n) is 15.2. The smallest absolute Gasteiger partial charge is 0.347 e. The number of aryl methyl sites for hydroxylation is 1. The predicted molar refractivity (Wildman–Crippen MR) is 102 cm³/mol. The summed E-state index contributed by atoms with van der Waals surface area (Å²) in [6.45, 7) is 5.67. The van der Waals surface area contributed by atoms with E-state index in [2.05, 4.69) is 9.88 Å². The van der Waals surface area contributed by atoms with Gasteiger partial charge in [-0.15, -0.1) is 11.3 Å². The van der Waals surface area contributed by atoms with E-state index in [1.165, 1.54) is 24.2 Å². The molecule has 3 rings (SSSR count). The zero-order chi connectivity index (χ0) is 18.5. The standard InChI is InChI=1S/C19H24N2O4S/c1-3-14-17(19(22)23)26-18(20-14)13-6-7-15(24-2)16(12-13)25-11-10-21-8-4-5-9-21/h6-7,12H,3-5,8-11H2,1-2H3,(H,22,23). The molecule has 0 unspecified atom stereocenters.